The highest BCUT2D eigenvalue weighted by Crippen LogP contribution is 2.29. The van der Waals surface area contributed by atoms with Gasteiger partial charge in [-0.1, -0.05) is 43.2 Å². The minimum absolute atomic E-state index is 0.324. The lowest BCUT2D eigenvalue weighted by Crippen LogP contribution is -2.35. The average Bonchev–Trinajstić information content (AvgIpc) is 3.30. The van der Waals surface area contributed by atoms with E-state index in [1.54, 1.807) is 13.0 Å². The van der Waals surface area contributed by atoms with E-state index in [1.807, 2.05) is 41.2 Å². The largest absolute Gasteiger partial charge is 0.481 e. The Balaban J connectivity index is 1.77. The molecule has 2 atom stereocenters. The summed E-state index contributed by atoms with van der Waals surface area (Å²) in [4.78, 5) is 24.0. The SMILES string of the molecule is CC(C(=O)O)C(NC(=O)c1ccn(C2CCCC2)n1)c1ccccc1. The van der Waals surface area contributed by atoms with Gasteiger partial charge in [0.05, 0.1) is 18.0 Å². The Morgan fingerprint density at radius 2 is 1.88 bits per heavy atom. The molecular weight excluding hydrogens is 318 g/mol. The van der Waals surface area contributed by atoms with Gasteiger partial charge in [0.1, 0.15) is 5.69 Å². The molecule has 1 fully saturated rings. The van der Waals surface area contributed by atoms with Crippen molar-refractivity contribution in [3.8, 4) is 0 Å². The number of amides is 1. The maximum Gasteiger partial charge on any atom is 0.308 e. The molecule has 1 heterocycles. The molecule has 0 saturated heterocycles. The van der Waals surface area contributed by atoms with E-state index in [-0.39, 0.29) is 5.91 Å². The van der Waals surface area contributed by atoms with Crippen molar-refractivity contribution < 1.29 is 14.7 Å². The number of nitrogens with zero attached hydrogens (tertiary/aromatic N) is 2. The topological polar surface area (TPSA) is 84.2 Å². The van der Waals surface area contributed by atoms with Crippen LogP contribution in [0.15, 0.2) is 42.6 Å². The smallest absolute Gasteiger partial charge is 0.308 e. The van der Waals surface area contributed by atoms with Crippen LogP contribution in [0.5, 0.6) is 0 Å². The van der Waals surface area contributed by atoms with Crippen LogP contribution in [-0.2, 0) is 4.79 Å². The molecule has 25 heavy (non-hydrogen) atoms. The fourth-order valence-electron chi connectivity index (χ4n) is 3.35. The fraction of sp³-hybridized carbons (Fsp3) is 0.421. The number of nitrogens with one attached hydrogen (secondary N) is 1. The van der Waals surface area contributed by atoms with Crippen LogP contribution < -0.4 is 5.32 Å². The van der Waals surface area contributed by atoms with Crippen molar-refractivity contribution in [1.82, 2.24) is 15.1 Å². The number of carboxylic acid groups (broad SMARTS) is 1. The van der Waals surface area contributed by atoms with E-state index < -0.39 is 17.9 Å². The molecule has 6 heteroatoms. The second-order valence-electron chi connectivity index (χ2n) is 6.61. The lowest BCUT2D eigenvalue weighted by molar-refractivity contribution is -0.142. The van der Waals surface area contributed by atoms with Crippen LogP contribution in [-0.4, -0.2) is 26.8 Å². The number of benzene rings is 1. The third-order valence-corrected chi connectivity index (χ3v) is 4.87. The molecule has 1 aliphatic rings. The quantitative estimate of drug-likeness (QED) is 0.845. The minimum Gasteiger partial charge on any atom is -0.481 e. The molecule has 1 saturated carbocycles. The number of hydrogen-bond acceptors (Lipinski definition) is 3. The van der Waals surface area contributed by atoms with Crippen molar-refractivity contribution in [3.63, 3.8) is 0 Å². The number of aromatic nitrogens is 2. The van der Waals surface area contributed by atoms with Gasteiger partial charge in [-0.25, -0.2) is 0 Å². The molecular formula is C19H23N3O3. The second-order valence-corrected chi connectivity index (χ2v) is 6.61. The van der Waals surface area contributed by atoms with Crippen LogP contribution in [0.4, 0.5) is 0 Å². The summed E-state index contributed by atoms with van der Waals surface area (Å²) in [5.74, 6) is -2.05. The van der Waals surface area contributed by atoms with Gasteiger partial charge in [-0.3, -0.25) is 14.3 Å². The Kier molecular flexibility index (Phi) is 5.16. The molecule has 2 aromatic rings. The average molecular weight is 341 g/mol. The zero-order valence-electron chi connectivity index (χ0n) is 14.3. The van der Waals surface area contributed by atoms with Gasteiger partial charge in [0.15, 0.2) is 0 Å². The molecule has 6 nitrogen and oxygen atoms in total. The molecule has 132 valence electrons. The fourth-order valence-corrected chi connectivity index (χ4v) is 3.35. The highest BCUT2D eigenvalue weighted by atomic mass is 16.4. The molecule has 1 aromatic carbocycles. The summed E-state index contributed by atoms with van der Waals surface area (Å²) < 4.78 is 1.86. The van der Waals surface area contributed by atoms with Crippen LogP contribution >= 0.6 is 0 Å². The predicted molar refractivity (Wildman–Crippen MR) is 93.2 cm³/mol. The number of carboxylic acids is 1. The minimum atomic E-state index is -0.953. The lowest BCUT2D eigenvalue weighted by Gasteiger charge is -2.22. The van der Waals surface area contributed by atoms with Gasteiger partial charge in [0, 0.05) is 6.20 Å². The Morgan fingerprint density at radius 1 is 1.20 bits per heavy atom. The van der Waals surface area contributed by atoms with Gasteiger partial charge in [-0.15, -0.1) is 0 Å². The van der Waals surface area contributed by atoms with Crippen LogP contribution in [0.1, 0.15) is 60.7 Å². The monoisotopic (exact) mass is 341 g/mol. The maximum atomic E-state index is 12.6. The van der Waals surface area contributed by atoms with Crippen molar-refractivity contribution in [2.45, 2.75) is 44.7 Å². The molecule has 1 aromatic heterocycles. The maximum absolute atomic E-state index is 12.6. The first-order chi connectivity index (χ1) is 12.1. The molecule has 1 aliphatic carbocycles. The number of rotatable bonds is 6. The normalized spacial score (nSPS) is 17.2. The Bertz CT molecular complexity index is 735. The van der Waals surface area contributed by atoms with Gasteiger partial charge in [0.2, 0.25) is 0 Å². The molecule has 3 rings (SSSR count). The van der Waals surface area contributed by atoms with Crippen molar-refractivity contribution in [1.29, 1.82) is 0 Å². The van der Waals surface area contributed by atoms with Crippen LogP contribution in [0, 0.1) is 5.92 Å². The summed E-state index contributed by atoms with van der Waals surface area (Å²) in [6.07, 6.45) is 6.40. The van der Waals surface area contributed by atoms with Gasteiger partial charge in [-0.05, 0) is 31.4 Å². The van der Waals surface area contributed by atoms with Crippen LogP contribution in [0.2, 0.25) is 0 Å². The molecule has 2 N–H and O–H groups in total. The van der Waals surface area contributed by atoms with E-state index in [2.05, 4.69) is 10.4 Å². The summed E-state index contributed by atoms with van der Waals surface area (Å²) in [7, 11) is 0. The van der Waals surface area contributed by atoms with E-state index in [1.165, 1.54) is 12.8 Å². The Morgan fingerprint density at radius 3 is 2.52 bits per heavy atom. The highest BCUT2D eigenvalue weighted by Gasteiger charge is 2.28. The van der Waals surface area contributed by atoms with Gasteiger partial charge < -0.3 is 10.4 Å². The Hall–Kier alpha value is -2.63. The molecule has 1 amide bonds. The number of hydrogen-bond donors (Lipinski definition) is 2. The first-order valence-corrected chi connectivity index (χ1v) is 8.70. The third kappa shape index (κ3) is 3.90. The third-order valence-electron chi connectivity index (χ3n) is 4.87. The zero-order chi connectivity index (χ0) is 17.8. The first kappa shape index (κ1) is 17.2. The summed E-state index contributed by atoms with van der Waals surface area (Å²) in [6.45, 7) is 1.59. The van der Waals surface area contributed by atoms with Gasteiger partial charge >= 0.3 is 5.97 Å². The molecule has 0 aliphatic heterocycles. The van der Waals surface area contributed by atoms with Crippen LogP contribution in [0.3, 0.4) is 0 Å². The standard InChI is InChI=1S/C19H23N3O3/c1-13(19(24)25)17(14-7-3-2-4-8-14)20-18(23)16-11-12-22(21-16)15-9-5-6-10-15/h2-4,7-8,11-13,15,17H,5-6,9-10H2,1H3,(H,20,23)(H,24,25). The van der Waals surface area contributed by atoms with E-state index in [4.69, 9.17) is 0 Å². The van der Waals surface area contributed by atoms with Crippen molar-refractivity contribution in [2.75, 3.05) is 0 Å². The molecule has 2 unspecified atom stereocenters. The second kappa shape index (κ2) is 7.51. The van der Waals surface area contributed by atoms with Crippen molar-refractivity contribution in [3.05, 3.63) is 53.9 Å². The summed E-state index contributed by atoms with van der Waals surface area (Å²) in [5, 5.41) is 16.6. The van der Waals surface area contributed by atoms with Crippen LogP contribution in [0.25, 0.3) is 0 Å². The van der Waals surface area contributed by atoms with Crippen molar-refractivity contribution in [2.24, 2.45) is 5.92 Å². The molecule has 0 bridgehead atoms. The van der Waals surface area contributed by atoms with E-state index in [0.29, 0.717) is 11.7 Å². The predicted octanol–water partition coefficient (Wildman–Crippen LogP) is 3.19. The highest BCUT2D eigenvalue weighted by molar-refractivity contribution is 5.92. The molecule has 0 radical (unpaired) electrons. The summed E-state index contributed by atoms with van der Waals surface area (Å²) in [6, 6.07) is 10.6. The van der Waals surface area contributed by atoms with Gasteiger partial charge in [-0.2, -0.15) is 5.10 Å². The molecule has 0 spiro atoms. The zero-order valence-corrected chi connectivity index (χ0v) is 14.3. The van der Waals surface area contributed by atoms with E-state index >= 15 is 0 Å². The van der Waals surface area contributed by atoms with E-state index in [9.17, 15) is 14.7 Å². The number of aliphatic carboxylic acids is 1. The summed E-state index contributed by atoms with van der Waals surface area (Å²) >= 11 is 0. The Labute approximate surface area is 146 Å². The lowest BCUT2D eigenvalue weighted by atomic mass is 9.94. The number of carbonyl (C=O) groups is 2. The first-order valence-electron chi connectivity index (χ1n) is 8.70. The number of carbonyl (C=O) groups excluding carboxylic acids is 1. The van der Waals surface area contributed by atoms with Crippen molar-refractivity contribution >= 4 is 11.9 Å². The summed E-state index contributed by atoms with van der Waals surface area (Å²) in [5.41, 5.74) is 1.09. The van der Waals surface area contributed by atoms with Gasteiger partial charge in [0.25, 0.3) is 5.91 Å². The van der Waals surface area contributed by atoms with E-state index in [0.717, 1.165) is 18.4 Å².